The minimum Gasteiger partial charge on any atom is -0.493 e. The van der Waals surface area contributed by atoms with Crippen LogP contribution in [0.1, 0.15) is 10.4 Å². The zero-order valence-corrected chi connectivity index (χ0v) is 12.4. The first-order valence-electron chi connectivity index (χ1n) is 5.47. The van der Waals surface area contributed by atoms with Crippen LogP contribution in [0.25, 0.3) is 0 Å². The third kappa shape index (κ3) is 3.04. The smallest absolute Gasteiger partial charge is 0.166 e. The molecule has 0 aliphatic rings. The third-order valence-corrected chi connectivity index (χ3v) is 4.09. The molecule has 0 atom stereocenters. The Morgan fingerprint density at radius 1 is 1.28 bits per heavy atom. The van der Waals surface area contributed by atoms with Crippen LogP contribution >= 0.6 is 27.3 Å². The molecule has 2 rings (SSSR count). The fourth-order valence-electron chi connectivity index (χ4n) is 1.62. The van der Waals surface area contributed by atoms with Crippen LogP contribution in [0.5, 0.6) is 11.5 Å². The van der Waals surface area contributed by atoms with Gasteiger partial charge in [0.15, 0.2) is 11.5 Å². The second kappa shape index (κ2) is 6.22. The molecule has 0 fully saturated rings. The van der Waals surface area contributed by atoms with Crippen molar-refractivity contribution in [2.45, 2.75) is 13.2 Å². The highest BCUT2D eigenvalue weighted by Gasteiger charge is 2.10. The maximum Gasteiger partial charge on any atom is 0.166 e. The van der Waals surface area contributed by atoms with E-state index in [0.717, 1.165) is 20.0 Å². The van der Waals surface area contributed by atoms with E-state index < -0.39 is 0 Å². The van der Waals surface area contributed by atoms with Crippen LogP contribution in [0.4, 0.5) is 0 Å². The molecular weight excluding hydrogens is 314 g/mol. The summed E-state index contributed by atoms with van der Waals surface area (Å²) in [6.07, 6.45) is 0. The Balaban J connectivity index is 2.17. The summed E-state index contributed by atoms with van der Waals surface area (Å²) in [4.78, 5) is 1.15. The molecule has 0 aliphatic carbocycles. The van der Waals surface area contributed by atoms with Gasteiger partial charge in [-0.05, 0) is 34.1 Å². The number of ether oxygens (including phenoxy) is 2. The summed E-state index contributed by atoms with van der Waals surface area (Å²) >= 11 is 5.09. The number of hydrogen-bond donors (Lipinski definition) is 1. The van der Waals surface area contributed by atoms with E-state index in [2.05, 4.69) is 15.9 Å². The number of nitrogens with two attached hydrogens (primary N) is 1. The van der Waals surface area contributed by atoms with Gasteiger partial charge < -0.3 is 15.2 Å². The van der Waals surface area contributed by atoms with E-state index in [1.165, 1.54) is 0 Å². The molecule has 0 aliphatic heterocycles. The van der Waals surface area contributed by atoms with Crippen molar-refractivity contribution in [2.75, 3.05) is 7.11 Å². The zero-order chi connectivity index (χ0) is 13.0. The van der Waals surface area contributed by atoms with Crippen molar-refractivity contribution < 1.29 is 9.47 Å². The molecule has 2 N–H and O–H groups in total. The largest absolute Gasteiger partial charge is 0.493 e. The van der Waals surface area contributed by atoms with Gasteiger partial charge in [-0.2, -0.15) is 0 Å². The number of hydrogen-bond acceptors (Lipinski definition) is 4. The highest BCUT2D eigenvalue weighted by atomic mass is 79.9. The van der Waals surface area contributed by atoms with Gasteiger partial charge in [0.2, 0.25) is 0 Å². The van der Waals surface area contributed by atoms with Gasteiger partial charge in [-0.1, -0.05) is 12.1 Å². The summed E-state index contributed by atoms with van der Waals surface area (Å²) in [7, 11) is 1.63. The Morgan fingerprint density at radius 2 is 2.11 bits per heavy atom. The van der Waals surface area contributed by atoms with E-state index in [1.54, 1.807) is 18.4 Å². The van der Waals surface area contributed by atoms with E-state index in [9.17, 15) is 0 Å². The van der Waals surface area contributed by atoms with Gasteiger partial charge in [0.1, 0.15) is 6.61 Å². The van der Waals surface area contributed by atoms with Gasteiger partial charge in [0.05, 0.1) is 10.9 Å². The molecule has 1 heterocycles. The number of thiophene rings is 1. The summed E-state index contributed by atoms with van der Waals surface area (Å²) in [6.45, 7) is 0.949. The molecule has 0 radical (unpaired) electrons. The van der Waals surface area contributed by atoms with Crippen LogP contribution in [0, 0.1) is 0 Å². The monoisotopic (exact) mass is 327 g/mol. The van der Waals surface area contributed by atoms with Gasteiger partial charge in [0.25, 0.3) is 0 Å². The van der Waals surface area contributed by atoms with Crippen molar-refractivity contribution in [3.63, 3.8) is 0 Å². The first-order chi connectivity index (χ1) is 8.74. The number of para-hydroxylation sites is 1. The lowest BCUT2D eigenvalue weighted by atomic mass is 10.2. The van der Waals surface area contributed by atoms with E-state index in [4.69, 9.17) is 15.2 Å². The molecule has 1 aromatic carbocycles. The SMILES string of the molecule is COc1cccc(CN)c1OCc1ccc(Br)s1. The summed E-state index contributed by atoms with van der Waals surface area (Å²) in [5.74, 6) is 1.44. The van der Waals surface area contributed by atoms with Crippen LogP contribution in [-0.4, -0.2) is 7.11 Å². The fraction of sp³-hybridized carbons (Fsp3) is 0.231. The molecule has 96 valence electrons. The van der Waals surface area contributed by atoms with E-state index in [-0.39, 0.29) is 0 Å². The predicted molar refractivity (Wildman–Crippen MR) is 77.2 cm³/mol. The van der Waals surface area contributed by atoms with Crippen LogP contribution in [0.2, 0.25) is 0 Å². The van der Waals surface area contributed by atoms with Crippen LogP contribution in [0.3, 0.4) is 0 Å². The van der Waals surface area contributed by atoms with Gasteiger partial charge >= 0.3 is 0 Å². The topological polar surface area (TPSA) is 44.5 Å². The van der Waals surface area contributed by atoms with Crippen LogP contribution in [-0.2, 0) is 13.2 Å². The second-order valence-electron chi connectivity index (χ2n) is 3.65. The molecule has 18 heavy (non-hydrogen) atoms. The normalized spacial score (nSPS) is 10.4. The second-order valence-corrected chi connectivity index (χ2v) is 6.19. The molecule has 3 nitrogen and oxygen atoms in total. The average molecular weight is 328 g/mol. The van der Waals surface area contributed by atoms with Crippen molar-refractivity contribution in [1.29, 1.82) is 0 Å². The first kappa shape index (κ1) is 13.4. The Kier molecular flexibility index (Phi) is 4.63. The standard InChI is InChI=1S/C13H14BrNO2S/c1-16-11-4-2-3-9(7-15)13(11)17-8-10-5-6-12(14)18-10/h2-6H,7-8,15H2,1H3. The first-order valence-corrected chi connectivity index (χ1v) is 7.08. The minimum absolute atomic E-state index is 0.431. The summed E-state index contributed by atoms with van der Waals surface area (Å²) < 4.78 is 12.2. The Hall–Kier alpha value is -1.04. The highest BCUT2D eigenvalue weighted by Crippen LogP contribution is 2.32. The van der Waals surface area contributed by atoms with Crippen molar-refractivity contribution in [1.82, 2.24) is 0 Å². The summed E-state index contributed by atoms with van der Waals surface area (Å²) in [6, 6.07) is 9.78. The quantitative estimate of drug-likeness (QED) is 0.913. The number of benzene rings is 1. The molecule has 0 spiro atoms. The lowest BCUT2D eigenvalue weighted by Crippen LogP contribution is -2.03. The predicted octanol–water partition coefficient (Wildman–Crippen LogP) is 3.56. The Morgan fingerprint density at radius 3 is 2.72 bits per heavy atom. The van der Waals surface area contributed by atoms with Crippen molar-refractivity contribution in [3.8, 4) is 11.5 Å². The van der Waals surface area contributed by atoms with Crippen LogP contribution < -0.4 is 15.2 Å². The van der Waals surface area contributed by atoms with E-state index in [0.29, 0.717) is 18.9 Å². The minimum atomic E-state index is 0.431. The van der Waals surface area contributed by atoms with E-state index in [1.807, 2.05) is 30.3 Å². The maximum atomic E-state index is 5.83. The number of halogens is 1. The lowest BCUT2D eigenvalue weighted by Gasteiger charge is -2.13. The van der Waals surface area contributed by atoms with Crippen molar-refractivity contribution in [3.05, 3.63) is 44.6 Å². The van der Waals surface area contributed by atoms with Gasteiger partial charge in [-0.3, -0.25) is 0 Å². The van der Waals surface area contributed by atoms with Crippen LogP contribution in [0.15, 0.2) is 34.1 Å². The molecular formula is C13H14BrNO2S. The summed E-state index contributed by atoms with van der Waals surface area (Å²) in [5.41, 5.74) is 6.66. The molecule has 2 aromatic rings. The molecule has 0 bridgehead atoms. The summed E-state index contributed by atoms with van der Waals surface area (Å²) in [5, 5.41) is 0. The highest BCUT2D eigenvalue weighted by molar-refractivity contribution is 9.11. The average Bonchev–Trinajstić information content (AvgIpc) is 2.81. The Labute approximate surface area is 119 Å². The molecule has 0 unspecified atom stereocenters. The van der Waals surface area contributed by atoms with Gasteiger partial charge in [0, 0.05) is 17.0 Å². The van der Waals surface area contributed by atoms with Gasteiger partial charge in [-0.15, -0.1) is 11.3 Å². The fourth-order valence-corrected chi connectivity index (χ4v) is 3.02. The molecule has 5 heteroatoms. The van der Waals surface area contributed by atoms with Crippen molar-refractivity contribution >= 4 is 27.3 Å². The van der Waals surface area contributed by atoms with Gasteiger partial charge in [-0.25, -0.2) is 0 Å². The molecule has 0 amide bonds. The number of methoxy groups -OCH3 is 1. The van der Waals surface area contributed by atoms with Crippen molar-refractivity contribution in [2.24, 2.45) is 5.73 Å². The third-order valence-electron chi connectivity index (χ3n) is 2.49. The molecule has 1 aromatic heterocycles. The van der Waals surface area contributed by atoms with E-state index >= 15 is 0 Å². The molecule has 0 saturated heterocycles. The molecule has 0 saturated carbocycles. The number of rotatable bonds is 5. The zero-order valence-electron chi connectivity index (χ0n) is 9.98. The Bertz CT molecular complexity index is 505. The lowest BCUT2D eigenvalue weighted by molar-refractivity contribution is 0.284. The maximum absolute atomic E-state index is 5.83.